The average Bonchev–Trinajstić information content (AvgIpc) is 3.20. The van der Waals surface area contributed by atoms with Gasteiger partial charge in [-0.25, -0.2) is 14.6 Å². The van der Waals surface area contributed by atoms with Gasteiger partial charge < -0.3 is 9.80 Å². The van der Waals surface area contributed by atoms with Crippen LogP contribution in [0.3, 0.4) is 0 Å². The highest BCUT2D eigenvalue weighted by Gasteiger charge is 2.29. The number of carbonyl (C=O) groups excluding carboxylic acids is 1. The lowest BCUT2D eigenvalue weighted by Crippen LogP contribution is -2.52. The van der Waals surface area contributed by atoms with Gasteiger partial charge in [0.2, 0.25) is 5.95 Å². The van der Waals surface area contributed by atoms with Gasteiger partial charge >= 0.3 is 0 Å². The van der Waals surface area contributed by atoms with E-state index in [1.165, 1.54) is 24.8 Å². The van der Waals surface area contributed by atoms with Crippen LogP contribution in [0.25, 0.3) is 5.69 Å². The lowest BCUT2D eigenvalue weighted by atomic mass is 9.91. The van der Waals surface area contributed by atoms with E-state index in [1.54, 1.807) is 6.20 Å². The summed E-state index contributed by atoms with van der Waals surface area (Å²) in [7, 11) is 0. The van der Waals surface area contributed by atoms with Gasteiger partial charge in [0, 0.05) is 57.9 Å². The molecule has 0 unspecified atom stereocenters. The first-order chi connectivity index (χ1) is 18.2. The fourth-order valence-electron chi connectivity index (χ4n) is 5.85. The van der Waals surface area contributed by atoms with Crippen molar-refractivity contribution in [1.29, 1.82) is 0 Å². The van der Waals surface area contributed by atoms with E-state index in [0.29, 0.717) is 18.7 Å². The molecule has 0 N–H and O–H groups in total. The van der Waals surface area contributed by atoms with Crippen LogP contribution in [-0.2, 0) is 19.3 Å². The van der Waals surface area contributed by atoms with Crippen LogP contribution >= 0.6 is 0 Å². The van der Waals surface area contributed by atoms with Crippen molar-refractivity contribution in [3.63, 3.8) is 0 Å². The molecule has 8 heteroatoms. The monoisotopic (exact) mass is 499 g/mol. The Balaban J connectivity index is 1.15. The molecular weight excluding hydrogens is 462 g/mol. The number of nitrogens with zero attached hydrogens (tertiary/aromatic N) is 7. The second-order valence-electron chi connectivity index (χ2n) is 10.5. The summed E-state index contributed by atoms with van der Waals surface area (Å²) < 4.78 is 1.92. The Morgan fingerprint density at radius 2 is 1.76 bits per heavy atom. The molecule has 1 aromatic carbocycles. The Hall–Kier alpha value is -3.26. The van der Waals surface area contributed by atoms with Crippen molar-refractivity contribution in [3.8, 4) is 5.69 Å². The second-order valence-corrected chi connectivity index (χ2v) is 10.5. The normalized spacial score (nSPS) is 18.8. The predicted molar refractivity (Wildman–Crippen MR) is 144 cm³/mol. The van der Waals surface area contributed by atoms with Crippen molar-refractivity contribution in [2.45, 2.75) is 57.9 Å². The van der Waals surface area contributed by atoms with E-state index >= 15 is 0 Å². The SMILES string of the molecule is CCCc1c(C(=O)N2CCc3cnc(N4CCN(C5CCC5)CC4)nc3CC2)cnn1-c1ccccc1. The maximum atomic E-state index is 13.7. The standard InChI is InChI=1S/C29H37N7O/c1-2-7-27-25(21-31-36(27)24-8-4-3-5-9-24)28(37)34-14-12-22-20-30-29(32-26(22)13-15-34)35-18-16-33(17-19-35)23-10-6-11-23/h3-5,8-9,20-21,23H,2,6-7,10-19H2,1H3. The van der Waals surface area contributed by atoms with Crippen LogP contribution in [0, 0.1) is 0 Å². The van der Waals surface area contributed by atoms with Crippen molar-refractivity contribution >= 4 is 11.9 Å². The summed E-state index contributed by atoms with van der Waals surface area (Å²) in [6, 6.07) is 10.9. The quantitative estimate of drug-likeness (QED) is 0.517. The lowest BCUT2D eigenvalue weighted by Gasteiger charge is -2.43. The van der Waals surface area contributed by atoms with Crippen LogP contribution in [0.4, 0.5) is 5.95 Å². The highest BCUT2D eigenvalue weighted by molar-refractivity contribution is 5.95. The summed E-state index contributed by atoms with van der Waals surface area (Å²) in [5, 5.41) is 4.61. The van der Waals surface area contributed by atoms with Gasteiger partial charge in [-0.3, -0.25) is 9.69 Å². The number of aromatic nitrogens is 4. The van der Waals surface area contributed by atoms with Crippen molar-refractivity contribution in [2.75, 3.05) is 44.2 Å². The fraction of sp³-hybridized carbons (Fsp3) is 0.517. The minimum absolute atomic E-state index is 0.0683. The zero-order chi connectivity index (χ0) is 25.2. The number of hydrogen-bond donors (Lipinski definition) is 0. The summed E-state index contributed by atoms with van der Waals surface area (Å²) >= 11 is 0. The number of rotatable bonds is 6. The van der Waals surface area contributed by atoms with E-state index in [1.807, 2.05) is 46.1 Å². The van der Waals surface area contributed by atoms with E-state index < -0.39 is 0 Å². The molecule has 0 radical (unpaired) electrons. The van der Waals surface area contributed by atoms with Crippen molar-refractivity contribution in [1.82, 2.24) is 29.5 Å². The number of fused-ring (bicyclic) bond motifs is 1. The molecule has 0 spiro atoms. The zero-order valence-electron chi connectivity index (χ0n) is 21.8. The first-order valence-corrected chi connectivity index (χ1v) is 14.0. The summed E-state index contributed by atoms with van der Waals surface area (Å²) in [5.41, 5.74) is 4.96. The van der Waals surface area contributed by atoms with Crippen LogP contribution in [0.5, 0.6) is 0 Å². The van der Waals surface area contributed by atoms with E-state index in [2.05, 4.69) is 21.8 Å². The Kier molecular flexibility index (Phi) is 6.91. The Bertz CT molecular complexity index is 1230. The summed E-state index contributed by atoms with van der Waals surface area (Å²) in [5.74, 6) is 0.917. The second kappa shape index (κ2) is 10.6. The smallest absolute Gasteiger partial charge is 0.257 e. The fourth-order valence-corrected chi connectivity index (χ4v) is 5.85. The number of hydrogen-bond acceptors (Lipinski definition) is 6. The minimum atomic E-state index is 0.0683. The van der Waals surface area contributed by atoms with Gasteiger partial charge in [-0.2, -0.15) is 5.10 Å². The number of para-hydroxylation sites is 1. The summed E-state index contributed by atoms with van der Waals surface area (Å²) in [4.78, 5) is 30.4. The molecule has 1 saturated carbocycles. The molecule has 3 aliphatic rings. The first-order valence-electron chi connectivity index (χ1n) is 14.0. The molecule has 1 saturated heterocycles. The Morgan fingerprint density at radius 3 is 2.49 bits per heavy atom. The molecule has 4 heterocycles. The highest BCUT2D eigenvalue weighted by atomic mass is 16.2. The number of benzene rings is 1. The van der Waals surface area contributed by atoms with Gasteiger partial charge in [-0.05, 0) is 43.4 Å². The third-order valence-corrected chi connectivity index (χ3v) is 8.27. The van der Waals surface area contributed by atoms with E-state index in [9.17, 15) is 4.79 Å². The Labute approximate surface area is 219 Å². The van der Waals surface area contributed by atoms with Gasteiger partial charge in [0.1, 0.15) is 0 Å². The van der Waals surface area contributed by atoms with E-state index in [-0.39, 0.29) is 5.91 Å². The van der Waals surface area contributed by atoms with Crippen LogP contribution in [0.1, 0.15) is 59.9 Å². The van der Waals surface area contributed by atoms with Crippen LogP contribution in [0.2, 0.25) is 0 Å². The molecule has 0 atom stereocenters. The summed E-state index contributed by atoms with van der Waals surface area (Å²) in [6.45, 7) is 7.67. The van der Waals surface area contributed by atoms with E-state index in [4.69, 9.17) is 9.97 Å². The Morgan fingerprint density at radius 1 is 0.973 bits per heavy atom. The van der Waals surface area contributed by atoms with Crippen molar-refractivity contribution in [3.05, 3.63) is 65.2 Å². The third-order valence-electron chi connectivity index (χ3n) is 8.27. The molecular formula is C29H37N7O. The number of carbonyl (C=O) groups is 1. The van der Waals surface area contributed by atoms with Gasteiger partial charge in [-0.1, -0.05) is 38.0 Å². The van der Waals surface area contributed by atoms with Crippen LogP contribution in [0.15, 0.2) is 42.7 Å². The molecule has 0 bridgehead atoms. The minimum Gasteiger partial charge on any atom is -0.338 e. The molecule has 1 aliphatic carbocycles. The summed E-state index contributed by atoms with van der Waals surface area (Å²) in [6.07, 6.45) is 11.2. The maximum absolute atomic E-state index is 13.7. The van der Waals surface area contributed by atoms with Gasteiger partial charge in [0.25, 0.3) is 5.91 Å². The molecule has 194 valence electrons. The van der Waals surface area contributed by atoms with Gasteiger partial charge in [0.15, 0.2) is 0 Å². The third kappa shape index (κ3) is 4.87. The van der Waals surface area contributed by atoms with Gasteiger partial charge in [0.05, 0.1) is 28.8 Å². The number of amides is 1. The zero-order valence-corrected chi connectivity index (χ0v) is 21.8. The molecule has 1 amide bonds. The van der Waals surface area contributed by atoms with Gasteiger partial charge in [-0.15, -0.1) is 0 Å². The van der Waals surface area contributed by atoms with E-state index in [0.717, 1.165) is 80.9 Å². The van der Waals surface area contributed by atoms with Crippen molar-refractivity contribution < 1.29 is 4.79 Å². The molecule has 6 rings (SSSR count). The van der Waals surface area contributed by atoms with Crippen LogP contribution in [-0.4, -0.2) is 80.8 Å². The molecule has 3 aromatic rings. The van der Waals surface area contributed by atoms with Crippen LogP contribution < -0.4 is 4.90 Å². The number of anilines is 1. The average molecular weight is 500 g/mol. The molecule has 8 nitrogen and oxygen atoms in total. The molecule has 2 fully saturated rings. The topological polar surface area (TPSA) is 70.4 Å². The number of piperazine rings is 1. The maximum Gasteiger partial charge on any atom is 0.257 e. The van der Waals surface area contributed by atoms with Crippen molar-refractivity contribution in [2.24, 2.45) is 0 Å². The molecule has 2 aliphatic heterocycles. The molecule has 2 aromatic heterocycles. The molecule has 37 heavy (non-hydrogen) atoms. The lowest BCUT2D eigenvalue weighted by molar-refractivity contribution is 0.0761. The largest absolute Gasteiger partial charge is 0.338 e. The predicted octanol–water partition coefficient (Wildman–Crippen LogP) is 3.53. The first kappa shape index (κ1) is 24.1. The highest BCUT2D eigenvalue weighted by Crippen LogP contribution is 2.27.